The number of nitrogens with one attached hydrogen (secondary N) is 1. The number of benzene rings is 3. The van der Waals surface area contributed by atoms with Crippen molar-refractivity contribution >= 4 is 23.7 Å². The van der Waals surface area contributed by atoms with E-state index in [-0.39, 0.29) is 5.91 Å². The third-order valence-corrected chi connectivity index (χ3v) is 5.81. The predicted octanol–water partition coefficient (Wildman–Crippen LogP) is 6.28. The molecule has 0 aliphatic rings. The lowest BCUT2D eigenvalue weighted by molar-refractivity contribution is 0.0955. The Bertz CT molecular complexity index is 1350. The van der Waals surface area contributed by atoms with E-state index in [1.54, 1.807) is 31.4 Å². The number of hydrogen-bond donors (Lipinski definition) is 1. The Morgan fingerprint density at radius 3 is 2.46 bits per heavy atom. The summed E-state index contributed by atoms with van der Waals surface area (Å²) in [6.07, 6.45) is 1.48. The molecule has 1 N–H and O–H groups in total. The number of aromatic nitrogens is 1. The molecule has 0 unspecified atom stereocenters. The Morgan fingerprint density at radius 1 is 1.03 bits per heavy atom. The quantitative estimate of drug-likeness (QED) is 0.235. The average Bonchev–Trinajstić information content (AvgIpc) is 3.27. The molecule has 0 bridgehead atoms. The molecule has 4 rings (SSSR count). The highest BCUT2D eigenvalue weighted by Gasteiger charge is 2.12. The van der Waals surface area contributed by atoms with Crippen molar-refractivity contribution in [3.05, 3.63) is 101 Å². The topological polar surface area (TPSA) is 64.8 Å². The van der Waals surface area contributed by atoms with Crippen molar-refractivity contribution in [3.63, 3.8) is 0 Å². The molecule has 3 aromatic carbocycles. The number of methoxy groups -OCH3 is 1. The third kappa shape index (κ3) is 5.39. The van der Waals surface area contributed by atoms with Crippen molar-refractivity contribution in [2.45, 2.75) is 13.8 Å². The highest BCUT2D eigenvalue weighted by Crippen LogP contribution is 2.32. The molecule has 0 aliphatic carbocycles. The van der Waals surface area contributed by atoms with Gasteiger partial charge in [-0.2, -0.15) is 5.10 Å². The van der Waals surface area contributed by atoms with Gasteiger partial charge >= 0.3 is 0 Å². The molecular weight excluding hydrogens is 462 g/mol. The van der Waals surface area contributed by atoms with Crippen molar-refractivity contribution in [2.75, 3.05) is 13.7 Å². The van der Waals surface area contributed by atoms with Crippen LogP contribution < -0.4 is 14.9 Å². The van der Waals surface area contributed by atoms with Gasteiger partial charge in [0.15, 0.2) is 11.5 Å². The van der Waals surface area contributed by atoms with Crippen LogP contribution in [-0.2, 0) is 0 Å². The second-order valence-electron chi connectivity index (χ2n) is 7.76. The first-order valence-electron chi connectivity index (χ1n) is 11.2. The number of amides is 1. The summed E-state index contributed by atoms with van der Waals surface area (Å²) in [5.41, 5.74) is 7.94. The van der Waals surface area contributed by atoms with E-state index in [0.717, 1.165) is 22.6 Å². The largest absolute Gasteiger partial charge is 0.493 e. The Morgan fingerprint density at radius 2 is 1.77 bits per heavy atom. The van der Waals surface area contributed by atoms with E-state index in [2.05, 4.69) is 46.3 Å². The average molecular weight is 488 g/mol. The zero-order valence-corrected chi connectivity index (χ0v) is 20.5. The molecule has 178 valence electrons. The zero-order valence-electron chi connectivity index (χ0n) is 19.8. The first kappa shape index (κ1) is 24.1. The predicted molar refractivity (Wildman–Crippen MR) is 140 cm³/mol. The number of rotatable bonds is 8. The molecule has 1 heterocycles. The van der Waals surface area contributed by atoms with Gasteiger partial charge in [-0.15, -0.1) is 0 Å². The molecule has 4 aromatic rings. The van der Waals surface area contributed by atoms with Gasteiger partial charge in [0.05, 0.1) is 30.6 Å². The van der Waals surface area contributed by atoms with Crippen molar-refractivity contribution in [3.8, 4) is 28.4 Å². The lowest BCUT2D eigenvalue weighted by atomic mass is 10.1. The number of halogens is 1. The normalized spacial score (nSPS) is 11.0. The minimum absolute atomic E-state index is 0.324. The van der Waals surface area contributed by atoms with Gasteiger partial charge in [0.1, 0.15) is 0 Å². The summed E-state index contributed by atoms with van der Waals surface area (Å²) in [5.74, 6) is 0.763. The fourth-order valence-electron chi connectivity index (χ4n) is 3.78. The van der Waals surface area contributed by atoms with Gasteiger partial charge in [-0.25, -0.2) is 5.43 Å². The Balaban J connectivity index is 1.49. The fraction of sp³-hybridized carbons (Fsp3) is 0.143. The molecular formula is C28H26ClN3O3. The molecule has 0 saturated heterocycles. The molecule has 0 saturated carbocycles. The lowest BCUT2D eigenvalue weighted by Gasteiger charge is -2.13. The molecule has 0 spiro atoms. The van der Waals surface area contributed by atoms with Crippen molar-refractivity contribution in [1.82, 2.24) is 9.99 Å². The Labute approximate surface area is 209 Å². The summed E-state index contributed by atoms with van der Waals surface area (Å²) in [5, 5.41) is 4.50. The van der Waals surface area contributed by atoms with E-state index in [0.29, 0.717) is 34.3 Å². The van der Waals surface area contributed by atoms with Crippen LogP contribution in [0.3, 0.4) is 0 Å². The van der Waals surface area contributed by atoms with E-state index < -0.39 is 0 Å². The Kier molecular flexibility index (Phi) is 7.53. The summed E-state index contributed by atoms with van der Waals surface area (Å²) in [4.78, 5) is 12.6. The number of hydrazone groups is 1. The number of hydrogen-bond acceptors (Lipinski definition) is 4. The summed E-state index contributed by atoms with van der Waals surface area (Å²) in [6.45, 7) is 4.42. The molecule has 1 amide bonds. The highest BCUT2D eigenvalue weighted by atomic mass is 35.5. The number of carbonyl (C=O) groups excluding carboxylic acids is 1. The van der Waals surface area contributed by atoms with Gasteiger partial charge in [0, 0.05) is 28.6 Å². The molecule has 35 heavy (non-hydrogen) atoms. The second-order valence-corrected chi connectivity index (χ2v) is 8.17. The van der Waals surface area contributed by atoms with Crippen LogP contribution in [-0.4, -0.2) is 30.4 Å². The summed E-state index contributed by atoms with van der Waals surface area (Å²) in [6, 6.07) is 25.2. The van der Waals surface area contributed by atoms with Crippen LogP contribution in [0.2, 0.25) is 5.02 Å². The first-order valence-corrected chi connectivity index (χ1v) is 11.6. The maximum absolute atomic E-state index is 12.6. The van der Waals surface area contributed by atoms with E-state index in [1.807, 2.05) is 37.3 Å². The van der Waals surface area contributed by atoms with E-state index >= 15 is 0 Å². The monoisotopic (exact) mass is 487 g/mol. The van der Waals surface area contributed by atoms with Gasteiger partial charge in [0.25, 0.3) is 5.91 Å². The summed E-state index contributed by atoms with van der Waals surface area (Å²) >= 11 is 6.31. The first-order chi connectivity index (χ1) is 17.0. The Hall–Kier alpha value is -4.03. The van der Waals surface area contributed by atoms with E-state index in [9.17, 15) is 4.79 Å². The minimum Gasteiger partial charge on any atom is -0.493 e. The lowest BCUT2D eigenvalue weighted by Crippen LogP contribution is -2.17. The van der Waals surface area contributed by atoms with Crippen LogP contribution in [0.5, 0.6) is 11.5 Å². The zero-order chi connectivity index (χ0) is 24.8. The van der Waals surface area contributed by atoms with E-state index in [4.69, 9.17) is 21.1 Å². The van der Waals surface area contributed by atoms with Gasteiger partial charge in [-0.3, -0.25) is 4.79 Å². The van der Waals surface area contributed by atoms with Crippen LogP contribution in [0.15, 0.2) is 84.0 Å². The maximum Gasteiger partial charge on any atom is 0.271 e. The molecule has 0 fully saturated rings. The highest BCUT2D eigenvalue weighted by molar-refractivity contribution is 6.33. The fourth-order valence-corrected chi connectivity index (χ4v) is 3.98. The number of ether oxygens (including phenoxy) is 2. The van der Waals surface area contributed by atoms with Crippen LogP contribution in [0.25, 0.3) is 16.9 Å². The smallest absolute Gasteiger partial charge is 0.271 e. The minimum atomic E-state index is -0.324. The third-order valence-electron chi connectivity index (χ3n) is 5.49. The summed E-state index contributed by atoms with van der Waals surface area (Å²) in [7, 11) is 1.55. The van der Waals surface area contributed by atoms with Crippen LogP contribution >= 0.6 is 11.6 Å². The second kappa shape index (κ2) is 10.9. The number of nitrogens with zero attached hydrogens (tertiary/aromatic N) is 2. The molecule has 1 aromatic heterocycles. The molecule has 0 aliphatic heterocycles. The van der Waals surface area contributed by atoms with Crippen molar-refractivity contribution in [2.24, 2.45) is 5.10 Å². The van der Waals surface area contributed by atoms with Crippen LogP contribution in [0, 0.1) is 6.92 Å². The van der Waals surface area contributed by atoms with Gasteiger partial charge in [-0.05, 0) is 61.9 Å². The van der Waals surface area contributed by atoms with Crippen molar-refractivity contribution in [1.29, 1.82) is 0 Å². The SMILES string of the molecule is CCOc1cc(/C=N/NC(=O)c2ccc(-n3c(C)ccc3-c3ccccc3)cc2)c(Cl)cc1OC. The molecule has 0 atom stereocenters. The number of carbonyl (C=O) groups is 1. The molecule has 0 radical (unpaired) electrons. The number of aryl methyl sites for hydroxylation is 1. The van der Waals surface area contributed by atoms with Gasteiger partial charge in [-0.1, -0.05) is 41.9 Å². The maximum atomic E-state index is 12.6. The van der Waals surface area contributed by atoms with Crippen LogP contribution in [0.4, 0.5) is 0 Å². The van der Waals surface area contributed by atoms with Gasteiger partial charge in [0.2, 0.25) is 0 Å². The van der Waals surface area contributed by atoms with Crippen molar-refractivity contribution < 1.29 is 14.3 Å². The van der Waals surface area contributed by atoms with Crippen LogP contribution in [0.1, 0.15) is 28.5 Å². The summed E-state index contributed by atoms with van der Waals surface area (Å²) < 4.78 is 13.0. The molecule has 6 nitrogen and oxygen atoms in total. The molecule has 7 heteroatoms. The standard InChI is InChI=1S/C28H26ClN3O3/c1-4-35-27-16-22(24(29)17-26(27)34-3)18-30-31-28(33)21-11-13-23(14-12-21)32-19(2)10-15-25(32)20-8-6-5-7-9-20/h5-18H,4H2,1-3H3,(H,31,33)/b30-18+. The van der Waals surface area contributed by atoms with E-state index in [1.165, 1.54) is 6.21 Å². The van der Waals surface area contributed by atoms with Gasteiger partial charge < -0.3 is 14.0 Å².